The number of nitrogens with zero attached hydrogens (tertiary/aromatic N) is 3. The highest BCUT2D eigenvalue weighted by molar-refractivity contribution is 7.88. The zero-order valence-corrected chi connectivity index (χ0v) is 18.9. The maximum absolute atomic E-state index is 14.0. The van der Waals surface area contributed by atoms with Crippen LogP contribution in [0.25, 0.3) is 10.9 Å². The first-order chi connectivity index (χ1) is 15.6. The molecule has 1 aromatic heterocycles. The van der Waals surface area contributed by atoms with Gasteiger partial charge >= 0.3 is 0 Å². The first kappa shape index (κ1) is 21.1. The Balaban J connectivity index is 1.55. The summed E-state index contributed by atoms with van der Waals surface area (Å²) in [6.45, 7) is 3.13. The predicted molar refractivity (Wildman–Crippen MR) is 124 cm³/mol. The molecule has 0 bridgehead atoms. The highest BCUT2D eigenvalue weighted by Gasteiger charge is 2.21. The van der Waals surface area contributed by atoms with Crippen molar-refractivity contribution in [1.82, 2.24) is 9.97 Å². The first-order valence-corrected chi connectivity index (χ1v) is 12.2. The van der Waals surface area contributed by atoms with Gasteiger partial charge in [0.15, 0.2) is 0 Å². The third kappa shape index (κ3) is 4.14. The Morgan fingerprint density at radius 3 is 2.84 bits per heavy atom. The van der Waals surface area contributed by atoms with Crippen LogP contribution < -0.4 is 14.8 Å². The number of fused-ring (bicyclic) bond motifs is 1. The Kier molecular flexibility index (Phi) is 5.93. The van der Waals surface area contributed by atoms with Crippen LogP contribution in [0.1, 0.15) is 18.4 Å². The number of ether oxygens (including phenoxy) is 3. The smallest absolute Gasteiger partial charge is 0.148 e. The van der Waals surface area contributed by atoms with Crippen molar-refractivity contribution in [3.05, 3.63) is 42.0 Å². The van der Waals surface area contributed by atoms with Gasteiger partial charge in [-0.05, 0) is 31.5 Å². The van der Waals surface area contributed by atoms with Gasteiger partial charge in [-0.15, -0.1) is 0 Å². The summed E-state index contributed by atoms with van der Waals surface area (Å²) in [7, 11) is 1.72. The summed E-state index contributed by atoms with van der Waals surface area (Å²) < 4.78 is 36.0. The average molecular weight is 457 g/mol. The summed E-state index contributed by atoms with van der Waals surface area (Å²) in [5, 5.41) is 4.16. The SMILES string of the molecule is COc1c(N=S2CCC2)cc2ncnc(Nc3ccc(F)cc3OC3CCOC3)c2c1C. The maximum Gasteiger partial charge on any atom is 0.148 e. The van der Waals surface area contributed by atoms with E-state index in [0.717, 1.165) is 45.8 Å². The molecule has 1 unspecified atom stereocenters. The molecule has 32 heavy (non-hydrogen) atoms. The Morgan fingerprint density at radius 2 is 2.12 bits per heavy atom. The second-order valence-corrected chi connectivity index (χ2v) is 9.78. The third-order valence-corrected chi connectivity index (χ3v) is 7.64. The van der Waals surface area contributed by atoms with E-state index in [0.29, 0.717) is 30.5 Å². The van der Waals surface area contributed by atoms with E-state index < -0.39 is 0 Å². The van der Waals surface area contributed by atoms with Crippen LogP contribution in [-0.2, 0) is 15.4 Å². The van der Waals surface area contributed by atoms with Crippen molar-refractivity contribution in [3.8, 4) is 11.5 Å². The van der Waals surface area contributed by atoms with Crippen LogP contribution in [0.2, 0.25) is 0 Å². The number of hydrogen-bond donors (Lipinski definition) is 1. The quantitative estimate of drug-likeness (QED) is 0.572. The number of hydrogen-bond acceptors (Lipinski definition) is 7. The Hall–Kier alpha value is -2.78. The summed E-state index contributed by atoms with van der Waals surface area (Å²) in [6.07, 6.45) is 3.42. The highest BCUT2D eigenvalue weighted by atomic mass is 32.2. The van der Waals surface area contributed by atoms with Gasteiger partial charge in [0, 0.05) is 34.9 Å². The molecule has 0 radical (unpaired) electrons. The number of aryl methyl sites for hydroxylation is 1. The van der Waals surface area contributed by atoms with Crippen molar-refractivity contribution in [1.29, 1.82) is 0 Å². The van der Waals surface area contributed by atoms with Crippen molar-refractivity contribution in [2.75, 3.05) is 37.1 Å². The van der Waals surface area contributed by atoms with Gasteiger partial charge in [-0.25, -0.2) is 18.7 Å². The van der Waals surface area contributed by atoms with Crippen LogP contribution in [0.3, 0.4) is 0 Å². The first-order valence-electron chi connectivity index (χ1n) is 10.6. The van der Waals surface area contributed by atoms with Gasteiger partial charge in [0.2, 0.25) is 0 Å². The van der Waals surface area contributed by atoms with Crippen LogP contribution >= 0.6 is 0 Å². The summed E-state index contributed by atoms with van der Waals surface area (Å²) in [6, 6.07) is 6.39. The Morgan fingerprint density at radius 1 is 1.25 bits per heavy atom. The second kappa shape index (κ2) is 8.99. The lowest BCUT2D eigenvalue weighted by atomic mass is 10.1. The topological polar surface area (TPSA) is 77.9 Å². The number of nitrogens with one attached hydrogen (secondary N) is 1. The molecule has 2 fully saturated rings. The fourth-order valence-corrected chi connectivity index (χ4v) is 5.06. The van der Waals surface area contributed by atoms with Crippen molar-refractivity contribution in [2.24, 2.45) is 4.36 Å². The van der Waals surface area contributed by atoms with Crippen LogP contribution in [0.15, 0.2) is 35.0 Å². The van der Waals surface area contributed by atoms with E-state index in [1.54, 1.807) is 13.2 Å². The normalized spacial score (nSPS) is 18.4. The van der Waals surface area contributed by atoms with E-state index in [1.165, 1.54) is 24.9 Å². The molecule has 168 valence electrons. The van der Waals surface area contributed by atoms with Crippen LogP contribution in [-0.4, -0.2) is 47.9 Å². The zero-order chi connectivity index (χ0) is 22.1. The van der Waals surface area contributed by atoms with Gasteiger partial charge in [0.05, 0.1) is 31.5 Å². The number of anilines is 2. The third-order valence-electron chi connectivity index (χ3n) is 5.67. The largest absolute Gasteiger partial charge is 0.494 e. The lowest BCUT2D eigenvalue weighted by Gasteiger charge is -2.20. The molecule has 0 spiro atoms. The lowest BCUT2D eigenvalue weighted by Crippen LogP contribution is -2.16. The zero-order valence-electron chi connectivity index (χ0n) is 18.1. The molecule has 2 aromatic carbocycles. The Labute approximate surface area is 188 Å². The van der Waals surface area contributed by atoms with Gasteiger partial charge in [-0.1, -0.05) is 10.7 Å². The van der Waals surface area contributed by atoms with Crippen molar-refractivity contribution < 1.29 is 18.6 Å². The molecule has 5 rings (SSSR count). The molecule has 0 aliphatic carbocycles. The fourth-order valence-electron chi connectivity index (χ4n) is 3.91. The predicted octanol–water partition coefficient (Wildman–Crippen LogP) is 4.83. The van der Waals surface area contributed by atoms with E-state index >= 15 is 0 Å². The van der Waals surface area contributed by atoms with E-state index in [9.17, 15) is 4.39 Å². The second-order valence-electron chi connectivity index (χ2n) is 7.85. The molecule has 3 aromatic rings. The van der Waals surface area contributed by atoms with Crippen molar-refractivity contribution in [2.45, 2.75) is 25.9 Å². The van der Waals surface area contributed by atoms with Crippen molar-refractivity contribution >= 4 is 38.8 Å². The summed E-state index contributed by atoms with van der Waals surface area (Å²) in [4.78, 5) is 8.95. The molecule has 2 aliphatic rings. The van der Waals surface area contributed by atoms with E-state index in [-0.39, 0.29) is 22.6 Å². The lowest BCUT2D eigenvalue weighted by molar-refractivity contribution is 0.141. The number of benzene rings is 2. The molecule has 2 aliphatic heterocycles. The van der Waals surface area contributed by atoms with Gasteiger partial charge < -0.3 is 19.5 Å². The van der Waals surface area contributed by atoms with Crippen LogP contribution in [0.5, 0.6) is 11.5 Å². The van der Waals surface area contributed by atoms with E-state index in [2.05, 4.69) is 15.3 Å². The molecule has 0 amide bonds. The summed E-state index contributed by atoms with van der Waals surface area (Å²) >= 11 is 0. The van der Waals surface area contributed by atoms with Crippen LogP contribution in [0.4, 0.5) is 21.6 Å². The highest BCUT2D eigenvalue weighted by Crippen LogP contribution is 2.41. The standard InChI is InChI=1S/C23H25FN4O3S/c1-14-21-18(11-19(22(14)29-2)28-32-8-3-9-32)25-13-26-23(21)27-17-5-4-15(24)10-20(17)31-16-6-7-30-12-16/h4-5,10-11,13,16H,3,6-9,12H2,1-2H3,(H,25,26,27). The Bertz CT molecular complexity index is 1190. The summed E-state index contributed by atoms with van der Waals surface area (Å²) in [5.41, 5.74) is 3.14. The molecular weight excluding hydrogens is 431 g/mol. The molecule has 9 heteroatoms. The van der Waals surface area contributed by atoms with E-state index in [1.807, 2.05) is 13.0 Å². The summed E-state index contributed by atoms with van der Waals surface area (Å²) in [5.74, 6) is 3.66. The monoisotopic (exact) mass is 456 g/mol. The molecule has 3 heterocycles. The minimum atomic E-state index is -0.363. The minimum Gasteiger partial charge on any atom is -0.494 e. The molecule has 1 N–H and O–H groups in total. The molecular formula is C23H25FN4O3S. The van der Waals surface area contributed by atoms with Gasteiger partial charge in [0.25, 0.3) is 0 Å². The van der Waals surface area contributed by atoms with Gasteiger partial charge in [-0.3, -0.25) is 0 Å². The molecule has 2 saturated heterocycles. The molecule has 1 atom stereocenters. The fraction of sp³-hybridized carbons (Fsp3) is 0.391. The number of aromatic nitrogens is 2. The number of rotatable bonds is 6. The van der Waals surface area contributed by atoms with Gasteiger partial charge in [-0.2, -0.15) is 0 Å². The number of methoxy groups -OCH3 is 1. The van der Waals surface area contributed by atoms with Gasteiger partial charge in [0.1, 0.15) is 41.3 Å². The average Bonchev–Trinajstić information content (AvgIpc) is 3.26. The number of halogens is 1. The van der Waals surface area contributed by atoms with Crippen molar-refractivity contribution in [3.63, 3.8) is 0 Å². The molecule has 0 saturated carbocycles. The van der Waals surface area contributed by atoms with E-state index in [4.69, 9.17) is 18.6 Å². The molecule has 7 nitrogen and oxygen atoms in total. The van der Waals surface area contributed by atoms with Crippen LogP contribution in [0, 0.1) is 12.7 Å². The minimum absolute atomic E-state index is 0.0683. The maximum atomic E-state index is 14.0.